The summed E-state index contributed by atoms with van der Waals surface area (Å²) < 4.78 is 4.93. The normalized spacial score (nSPS) is 14.0. The molecule has 0 fully saturated rings. The number of nitrogens with zero attached hydrogens (tertiary/aromatic N) is 1. The highest BCUT2D eigenvalue weighted by Gasteiger charge is 2.34. The lowest BCUT2D eigenvalue weighted by molar-refractivity contribution is -0.148. The van der Waals surface area contributed by atoms with Crippen LogP contribution < -0.4 is 5.32 Å². The molecule has 0 aliphatic heterocycles. The van der Waals surface area contributed by atoms with Gasteiger partial charge in [-0.1, -0.05) is 0 Å². The van der Waals surface area contributed by atoms with Crippen molar-refractivity contribution >= 4 is 17.7 Å². The Morgan fingerprint density at radius 2 is 2.10 bits per heavy atom. The number of nitrogens with one attached hydrogen (secondary N) is 1. The smallest absolute Gasteiger partial charge is 0.325 e. The largest absolute Gasteiger partial charge is 0.468 e. The average molecular weight is 310 g/mol. The molecule has 118 valence electrons. The van der Waals surface area contributed by atoms with Gasteiger partial charge in [0.1, 0.15) is 5.54 Å². The van der Waals surface area contributed by atoms with Crippen LogP contribution in [-0.4, -0.2) is 35.4 Å². The van der Waals surface area contributed by atoms with E-state index in [1.54, 1.807) is 11.8 Å². The van der Waals surface area contributed by atoms with Gasteiger partial charge >= 0.3 is 5.97 Å². The summed E-state index contributed by atoms with van der Waals surface area (Å²) in [7, 11) is 1.43. The van der Waals surface area contributed by atoms with Crippen molar-refractivity contribution in [3.05, 3.63) is 23.4 Å². The molecule has 5 heteroatoms. The molecule has 0 radical (unpaired) electrons. The van der Waals surface area contributed by atoms with Gasteiger partial charge in [0.2, 0.25) is 0 Å². The van der Waals surface area contributed by atoms with Gasteiger partial charge < -0.3 is 4.74 Å². The van der Waals surface area contributed by atoms with E-state index in [2.05, 4.69) is 29.4 Å². The second-order valence-corrected chi connectivity index (χ2v) is 6.96. The molecule has 0 aliphatic rings. The summed E-state index contributed by atoms with van der Waals surface area (Å²) >= 11 is 1.67. The maximum absolute atomic E-state index is 12.0. The lowest BCUT2D eigenvalue weighted by atomic mass is 9.98. The standard InChI is InChI=1S/C16H26N2O2S/c1-11(2)18-16(5,15(19)20-6)7-8-21-14-10-12(3)9-13(4)17-14/h9-11,18H,7-8H2,1-6H3. The molecule has 21 heavy (non-hydrogen) atoms. The van der Waals surface area contributed by atoms with E-state index < -0.39 is 5.54 Å². The number of rotatable bonds is 7. The SMILES string of the molecule is COC(=O)C(C)(CCSc1cc(C)cc(C)n1)NC(C)C. The van der Waals surface area contributed by atoms with Crippen molar-refractivity contribution in [3.8, 4) is 0 Å². The van der Waals surface area contributed by atoms with Gasteiger partial charge in [-0.05, 0) is 58.7 Å². The van der Waals surface area contributed by atoms with Crippen LogP contribution in [0.3, 0.4) is 0 Å². The van der Waals surface area contributed by atoms with Crippen molar-refractivity contribution in [2.75, 3.05) is 12.9 Å². The summed E-state index contributed by atoms with van der Waals surface area (Å²) in [4.78, 5) is 16.5. The number of ether oxygens (including phenoxy) is 1. The minimum Gasteiger partial charge on any atom is -0.468 e. The maximum atomic E-state index is 12.0. The van der Waals surface area contributed by atoms with Crippen LogP contribution in [0, 0.1) is 13.8 Å². The fourth-order valence-corrected chi connectivity index (χ4v) is 3.53. The zero-order valence-corrected chi connectivity index (χ0v) is 14.6. The van der Waals surface area contributed by atoms with Gasteiger partial charge in [0.25, 0.3) is 0 Å². The Kier molecular flexibility index (Phi) is 6.68. The number of carbonyl (C=O) groups excluding carboxylic acids is 1. The molecule has 1 atom stereocenters. The van der Waals surface area contributed by atoms with Crippen molar-refractivity contribution < 1.29 is 9.53 Å². The fraction of sp³-hybridized carbons (Fsp3) is 0.625. The van der Waals surface area contributed by atoms with Crippen LogP contribution in [0.5, 0.6) is 0 Å². The number of esters is 1. The Bertz CT molecular complexity index is 471. The van der Waals surface area contributed by atoms with E-state index in [-0.39, 0.29) is 12.0 Å². The molecule has 1 N–H and O–H groups in total. The zero-order valence-electron chi connectivity index (χ0n) is 13.8. The van der Waals surface area contributed by atoms with Gasteiger partial charge in [-0.2, -0.15) is 0 Å². The first-order valence-corrected chi connectivity index (χ1v) is 8.19. The topological polar surface area (TPSA) is 51.2 Å². The van der Waals surface area contributed by atoms with Crippen molar-refractivity contribution in [3.63, 3.8) is 0 Å². The Hall–Kier alpha value is -1.07. The first-order valence-electron chi connectivity index (χ1n) is 7.21. The van der Waals surface area contributed by atoms with Gasteiger partial charge in [-0.15, -0.1) is 11.8 Å². The van der Waals surface area contributed by atoms with E-state index in [0.717, 1.165) is 16.5 Å². The third kappa shape index (κ3) is 5.67. The molecule has 0 aromatic carbocycles. The first-order chi connectivity index (χ1) is 9.76. The molecular weight excluding hydrogens is 284 g/mol. The molecule has 0 spiro atoms. The molecule has 0 bridgehead atoms. The summed E-state index contributed by atoms with van der Waals surface area (Å²) in [5.74, 6) is 0.589. The molecule has 1 aromatic rings. The van der Waals surface area contributed by atoms with Gasteiger partial charge in [0.15, 0.2) is 0 Å². The van der Waals surface area contributed by atoms with Crippen molar-refractivity contribution in [2.45, 2.75) is 57.6 Å². The highest BCUT2D eigenvalue weighted by Crippen LogP contribution is 2.23. The molecule has 0 saturated carbocycles. The van der Waals surface area contributed by atoms with Gasteiger partial charge in [-0.25, -0.2) is 4.98 Å². The summed E-state index contributed by atoms with van der Waals surface area (Å²) in [5, 5.41) is 4.31. The van der Waals surface area contributed by atoms with E-state index in [1.165, 1.54) is 12.7 Å². The van der Waals surface area contributed by atoms with Crippen LogP contribution in [0.4, 0.5) is 0 Å². The van der Waals surface area contributed by atoms with E-state index in [1.807, 2.05) is 27.7 Å². The Morgan fingerprint density at radius 3 is 2.62 bits per heavy atom. The quantitative estimate of drug-likeness (QED) is 0.619. The Labute approximate surface area is 132 Å². The molecule has 0 saturated heterocycles. The number of carbonyl (C=O) groups is 1. The number of hydrogen-bond donors (Lipinski definition) is 1. The lowest BCUT2D eigenvalue weighted by Crippen LogP contribution is -2.53. The monoisotopic (exact) mass is 310 g/mol. The molecule has 1 unspecified atom stereocenters. The summed E-state index contributed by atoms with van der Waals surface area (Å²) in [6.45, 7) is 10.0. The van der Waals surface area contributed by atoms with Crippen LogP contribution in [-0.2, 0) is 9.53 Å². The number of methoxy groups -OCH3 is 1. The molecule has 0 amide bonds. The summed E-state index contributed by atoms with van der Waals surface area (Å²) in [5.41, 5.74) is 1.57. The van der Waals surface area contributed by atoms with Crippen LogP contribution in [0.25, 0.3) is 0 Å². The third-order valence-electron chi connectivity index (χ3n) is 3.17. The molecule has 1 rings (SSSR count). The fourth-order valence-electron chi connectivity index (χ4n) is 2.33. The third-order valence-corrected chi connectivity index (χ3v) is 4.08. The summed E-state index contributed by atoms with van der Waals surface area (Å²) in [6, 6.07) is 4.35. The second kappa shape index (κ2) is 7.80. The first kappa shape index (κ1) is 18.0. The molecule has 0 aliphatic carbocycles. The highest BCUT2D eigenvalue weighted by atomic mass is 32.2. The zero-order chi connectivity index (χ0) is 16.0. The van der Waals surface area contributed by atoms with Crippen molar-refractivity contribution in [2.24, 2.45) is 0 Å². The lowest BCUT2D eigenvalue weighted by Gasteiger charge is -2.30. The van der Waals surface area contributed by atoms with E-state index in [9.17, 15) is 4.79 Å². The predicted octanol–water partition coefficient (Wildman–Crippen LogP) is 3.11. The van der Waals surface area contributed by atoms with Crippen LogP contribution >= 0.6 is 11.8 Å². The van der Waals surface area contributed by atoms with E-state index >= 15 is 0 Å². The van der Waals surface area contributed by atoms with Crippen molar-refractivity contribution in [1.29, 1.82) is 0 Å². The van der Waals surface area contributed by atoms with E-state index in [4.69, 9.17) is 4.74 Å². The van der Waals surface area contributed by atoms with Crippen LogP contribution in [0.2, 0.25) is 0 Å². The van der Waals surface area contributed by atoms with Crippen molar-refractivity contribution in [1.82, 2.24) is 10.3 Å². The van der Waals surface area contributed by atoms with Gasteiger partial charge in [0, 0.05) is 17.5 Å². The van der Waals surface area contributed by atoms with E-state index in [0.29, 0.717) is 6.42 Å². The Balaban J connectivity index is 2.67. The highest BCUT2D eigenvalue weighted by molar-refractivity contribution is 7.99. The molecular formula is C16H26N2O2S. The molecule has 4 nitrogen and oxygen atoms in total. The average Bonchev–Trinajstić information content (AvgIpc) is 2.35. The molecule has 1 aromatic heterocycles. The molecule has 1 heterocycles. The maximum Gasteiger partial charge on any atom is 0.325 e. The number of hydrogen-bond acceptors (Lipinski definition) is 5. The number of thioether (sulfide) groups is 1. The van der Waals surface area contributed by atoms with Crippen LogP contribution in [0.15, 0.2) is 17.2 Å². The predicted molar refractivity (Wildman–Crippen MR) is 87.7 cm³/mol. The van der Waals surface area contributed by atoms with Crippen LogP contribution in [0.1, 0.15) is 38.4 Å². The summed E-state index contributed by atoms with van der Waals surface area (Å²) in [6.07, 6.45) is 0.692. The van der Waals surface area contributed by atoms with Gasteiger partial charge in [-0.3, -0.25) is 10.1 Å². The van der Waals surface area contributed by atoms with Gasteiger partial charge in [0.05, 0.1) is 12.1 Å². The number of aryl methyl sites for hydroxylation is 2. The number of aromatic nitrogens is 1. The Morgan fingerprint density at radius 1 is 1.43 bits per heavy atom. The minimum absolute atomic E-state index is 0.217. The number of pyridine rings is 1. The minimum atomic E-state index is -0.658. The second-order valence-electron chi connectivity index (χ2n) is 5.85.